The third-order valence-electron chi connectivity index (χ3n) is 1.88. The summed E-state index contributed by atoms with van der Waals surface area (Å²) in [5, 5.41) is 5.53. The molecule has 0 spiro atoms. The Kier molecular flexibility index (Phi) is 1.68. The van der Waals surface area contributed by atoms with Gasteiger partial charge in [-0.2, -0.15) is 5.10 Å². The van der Waals surface area contributed by atoms with Crippen LogP contribution in [0.15, 0.2) is 22.8 Å². The van der Waals surface area contributed by atoms with E-state index in [1.807, 2.05) is 17.9 Å². The van der Waals surface area contributed by atoms with Gasteiger partial charge in [-0.1, -0.05) is 15.9 Å². The second-order valence-electron chi connectivity index (χ2n) is 2.96. The molecule has 12 heavy (non-hydrogen) atoms. The molecule has 2 aromatic rings. The summed E-state index contributed by atoms with van der Waals surface area (Å²) in [6.07, 6.45) is 2.02. The molecule has 0 unspecified atom stereocenters. The Balaban J connectivity index is 2.88. The van der Waals surface area contributed by atoms with Crippen LogP contribution in [0.25, 0.3) is 10.9 Å². The van der Waals surface area contributed by atoms with Crippen molar-refractivity contribution in [3.05, 3.63) is 28.4 Å². The lowest BCUT2D eigenvalue weighted by atomic mass is 10.2. The van der Waals surface area contributed by atoms with Gasteiger partial charge in [-0.25, -0.2) is 0 Å². The predicted octanol–water partition coefficient (Wildman–Crippen LogP) is 2.64. The van der Waals surface area contributed by atoms with Crippen molar-refractivity contribution in [2.45, 2.75) is 6.92 Å². The average molecular weight is 225 g/mol. The number of rotatable bonds is 0. The number of halogens is 1. The van der Waals surface area contributed by atoms with Crippen molar-refractivity contribution >= 4 is 26.8 Å². The van der Waals surface area contributed by atoms with Gasteiger partial charge in [0.25, 0.3) is 0 Å². The summed E-state index contributed by atoms with van der Waals surface area (Å²) in [5.74, 6) is 0. The van der Waals surface area contributed by atoms with E-state index in [0.29, 0.717) is 0 Å². The Bertz CT molecular complexity index is 431. The minimum absolute atomic E-state index is 1.08. The summed E-state index contributed by atoms with van der Waals surface area (Å²) in [7, 11) is 1.94. The first-order valence-electron chi connectivity index (χ1n) is 3.76. The van der Waals surface area contributed by atoms with Crippen LogP contribution in [-0.2, 0) is 7.05 Å². The monoisotopic (exact) mass is 224 g/mol. The van der Waals surface area contributed by atoms with Gasteiger partial charge in [-0.15, -0.1) is 0 Å². The Labute approximate surface area is 79.3 Å². The molecule has 1 aromatic carbocycles. The van der Waals surface area contributed by atoms with Gasteiger partial charge >= 0.3 is 0 Å². The minimum atomic E-state index is 1.08. The Hall–Kier alpha value is -0.830. The van der Waals surface area contributed by atoms with E-state index in [2.05, 4.69) is 40.1 Å². The molecule has 1 heterocycles. The van der Waals surface area contributed by atoms with Gasteiger partial charge in [-0.3, -0.25) is 4.68 Å². The number of fused-ring (bicyclic) bond motifs is 1. The molecule has 0 radical (unpaired) electrons. The summed E-state index contributed by atoms with van der Waals surface area (Å²) in [6, 6.07) is 4.16. The maximum Gasteiger partial charge on any atom is 0.0953 e. The fourth-order valence-electron chi connectivity index (χ4n) is 1.38. The highest BCUT2D eigenvalue weighted by atomic mass is 79.9. The van der Waals surface area contributed by atoms with E-state index in [0.717, 1.165) is 9.99 Å². The van der Waals surface area contributed by atoms with Crippen LogP contribution >= 0.6 is 15.9 Å². The van der Waals surface area contributed by atoms with Gasteiger partial charge in [0.2, 0.25) is 0 Å². The highest BCUT2D eigenvalue weighted by Gasteiger charge is 2.02. The first-order chi connectivity index (χ1) is 5.66. The molecule has 0 atom stereocenters. The van der Waals surface area contributed by atoms with Gasteiger partial charge in [0, 0.05) is 23.1 Å². The van der Waals surface area contributed by atoms with E-state index in [1.165, 1.54) is 10.9 Å². The normalized spacial score (nSPS) is 10.9. The first-order valence-corrected chi connectivity index (χ1v) is 4.55. The Morgan fingerprint density at radius 3 is 2.92 bits per heavy atom. The summed E-state index contributed by atoms with van der Waals surface area (Å²) in [6.45, 7) is 2.07. The molecule has 3 heteroatoms. The summed E-state index contributed by atoms with van der Waals surface area (Å²) >= 11 is 3.46. The van der Waals surface area contributed by atoms with Crippen molar-refractivity contribution in [2.24, 2.45) is 7.05 Å². The van der Waals surface area contributed by atoms with Gasteiger partial charge in [-0.05, 0) is 24.6 Å². The van der Waals surface area contributed by atoms with Gasteiger partial charge in [0.15, 0.2) is 0 Å². The van der Waals surface area contributed by atoms with E-state index in [-0.39, 0.29) is 0 Å². The smallest absolute Gasteiger partial charge is 0.0953 e. The maximum absolute atomic E-state index is 4.35. The molecular formula is C9H9BrN2. The zero-order chi connectivity index (χ0) is 8.72. The first kappa shape index (κ1) is 7.80. The number of nitrogens with zero attached hydrogens (tertiary/aromatic N) is 2. The number of aromatic nitrogens is 2. The van der Waals surface area contributed by atoms with Crippen LogP contribution in [0, 0.1) is 6.92 Å². The molecule has 1 aromatic heterocycles. The maximum atomic E-state index is 4.35. The van der Waals surface area contributed by atoms with E-state index in [4.69, 9.17) is 0 Å². The highest BCUT2D eigenvalue weighted by molar-refractivity contribution is 9.10. The summed E-state index contributed by atoms with van der Waals surface area (Å²) in [5.41, 5.74) is 2.29. The number of hydrogen-bond donors (Lipinski definition) is 0. The quantitative estimate of drug-likeness (QED) is 0.673. The van der Waals surface area contributed by atoms with Crippen LogP contribution < -0.4 is 0 Å². The largest absolute Gasteiger partial charge is 0.275 e. The molecule has 0 N–H and O–H groups in total. The lowest BCUT2D eigenvalue weighted by molar-refractivity contribution is 0.779. The van der Waals surface area contributed by atoms with Crippen molar-refractivity contribution in [2.75, 3.05) is 0 Å². The molecule has 0 amide bonds. The van der Waals surface area contributed by atoms with Crippen molar-refractivity contribution < 1.29 is 0 Å². The topological polar surface area (TPSA) is 17.8 Å². The minimum Gasteiger partial charge on any atom is -0.275 e. The number of aryl methyl sites for hydroxylation is 2. The molecule has 62 valence electrons. The van der Waals surface area contributed by atoms with Crippen LogP contribution in [0.2, 0.25) is 0 Å². The standard InChI is InChI=1S/C9H9BrN2/c1-6-3-8(10)4-7-5-12(2)11-9(6)7/h3-5H,1-2H3. The third kappa shape index (κ3) is 1.14. The van der Waals surface area contributed by atoms with Gasteiger partial charge in [0.1, 0.15) is 0 Å². The van der Waals surface area contributed by atoms with Crippen LogP contribution in [0.3, 0.4) is 0 Å². The van der Waals surface area contributed by atoms with Crippen molar-refractivity contribution in [3.63, 3.8) is 0 Å². The molecule has 0 bridgehead atoms. The Morgan fingerprint density at radius 1 is 1.42 bits per heavy atom. The molecule has 0 saturated heterocycles. The Morgan fingerprint density at radius 2 is 2.17 bits per heavy atom. The van der Waals surface area contributed by atoms with Crippen LogP contribution in [0.4, 0.5) is 0 Å². The number of benzene rings is 1. The molecule has 0 saturated carbocycles. The molecule has 0 fully saturated rings. The van der Waals surface area contributed by atoms with Gasteiger partial charge < -0.3 is 0 Å². The second-order valence-corrected chi connectivity index (χ2v) is 3.88. The predicted molar refractivity (Wildman–Crippen MR) is 53.2 cm³/mol. The summed E-state index contributed by atoms with van der Waals surface area (Å²) < 4.78 is 2.95. The van der Waals surface area contributed by atoms with E-state index < -0.39 is 0 Å². The lowest BCUT2D eigenvalue weighted by Crippen LogP contribution is -1.85. The summed E-state index contributed by atoms with van der Waals surface area (Å²) in [4.78, 5) is 0. The zero-order valence-electron chi connectivity index (χ0n) is 7.00. The molecular weight excluding hydrogens is 216 g/mol. The number of hydrogen-bond acceptors (Lipinski definition) is 1. The van der Waals surface area contributed by atoms with E-state index in [9.17, 15) is 0 Å². The molecule has 0 aliphatic heterocycles. The lowest BCUT2D eigenvalue weighted by Gasteiger charge is -1.94. The highest BCUT2D eigenvalue weighted by Crippen LogP contribution is 2.21. The molecule has 0 aliphatic carbocycles. The van der Waals surface area contributed by atoms with E-state index in [1.54, 1.807) is 0 Å². The fraction of sp³-hybridized carbons (Fsp3) is 0.222. The zero-order valence-corrected chi connectivity index (χ0v) is 8.59. The third-order valence-corrected chi connectivity index (χ3v) is 2.34. The van der Waals surface area contributed by atoms with Crippen molar-refractivity contribution in [3.8, 4) is 0 Å². The molecule has 2 rings (SSSR count). The van der Waals surface area contributed by atoms with Crippen LogP contribution in [0.5, 0.6) is 0 Å². The average Bonchev–Trinajstić information content (AvgIpc) is 2.29. The fourth-order valence-corrected chi connectivity index (χ4v) is 1.97. The molecule has 2 nitrogen and oxygen atoms in total. The van der Waals surface area contributed by atoms with Crippen molar-refractivity contribution in [1.29, 1.82) is 0 Å². The SMILES string of the molecule is Cc1cc(Br)cc2cn(C)nc12. The van der Waals surface area contributed by atoms with Crippen LogP contribution in [0.1, 0.15) is 5.56 Å². The second kappa shape index (κ2) is 2.59. The van der Waals surface area contributed by atoms with Crippen molar-refractivity contribution in [1.82, 2.24) is 9.78 Å². The van der Waals surface area contributed by atoms with Gasteiger partial charge in [0.05, 0.1) is 5.52 Å². The molecule has 0 aliphatic rings. The van der Waals surface area contributed by atoms with E-state index >= 15 is 0 Å². The van der Waals surface area contributed by atoms with Crippen LogP contribution in [-0.4, -0.2) is 9.78 Å².